The van der Waals surface area contributed by atoms with E-state index in [2.05, 4.69) is 20.3 Å². The Morgan fingerprint density at radius 3 is 3.00 bits per heavy atom. The minimum absolute atomic E-state index is 0.0793. The van der Waals surface area contributed by atoms with Gasteiger partial charge in [-0.15, -0.1) is 22.7 Å². The van der Waals surface area contributed by atoms with Gasteiger partial charge in [-0.1, -0.05) is 0 Å². The Bertz CT molecular complexity index is 1330. The van der Waals surface area contributed by atoms with Crippen molar-refractivity contribution in [1.82, 2.24) is 19.5 Å². The van der Waals surface area contributed by atoms with Gasteiger partial charge in [-0.05, 0) is 31.2 Å². The molecule has 0 amide bonds. The molecule has 0 saturated heterocycles. The lowest BCUT2D eigenvalue weighted by Gasteiger charge is -2.06. The highest BCUT2D eigenvalue weighted by atomic mass is 32.1. The van der Waals surface area contributed by atoms with Crippen LogP contribution in [0.5, 0.6) is 0 Å². The molecule has 0 fully saturated rings. The Kier molecular flexibility index (Phi) is 3.47. The summed E-state index contributed by atoms with van der Waals surface area (Å²) in [6, 6.07) is 7.71. The number of hydrogen-bond acceptors (Lipinski definition) is 7. The van der Waals surface area contributed by atoms with Crippen LogP contribution in [-0.2, 0) is 0 Å². The van der Waals surface area contributed by atoms with E-state index in [0.29, 0.717) is 10.2 Å². The van der Waals surface area contributed by atoms with Crippen LogP contribution in [-0.4, -0.2) is 26.1 Å². The molecular weight excluding hydrogens is 366 g/mol. The van der Waals surface area contributed by atoms with Crippen molar-refractivity contribution in [3.63, 3.8) is 0 Å². The highest BCUT2D eigenvalue weighted by molar-refractivity contribution is 7.25. The number of hydrogen-bond donors (Lipinski definition) is 1. The Hall–Kier alpha value is -2.84. The van der Waals surface area contributed by atoms with Crippen LogP contribution in [0.2, 0.25) is 0 Å². The predicted octanol–water partition coefficient (Wildman–Crippen LogP) is 4.04. The molecule has 5 aromatic rings. The number of benzene rings is 1. The SMILES string of the molecule is CCNc1ccnc2sc3c(=O)n(-c4ccc5ncsc5c4)cnc3c12. The first-order valence-corrected chi connectivity index (χ1v) is 9.82. The molecule has 1 aromatic carbocycles. The first kappa shape index (κ1) is 15.4. The molecule has 4 aromatic heterocycles. The first-order chi connectivity index (χ1) is 12.8. The predicted molar refractivity (Wildman–Crippen MR) is 108 cm³/mol. The third-order valence-corrected chi connectivity index (χ3v) is 6.11. The van der Waals surface area contributed by atoms with E-state index in [9.17, 15) is 4.79 Å². The second-order valence-electron chi connectivity index (χ2n) is 5.77. The molecule has 0 atom stereocenters. The van der Waals surface area contributed by atoms with Crippen LogP contribution in [0.15, 0.2) is 47.1 Å². The molecule has 0 unspecified atom stereocenters. The fraction of sp³-hybridized carbons (Fsp3) is 0.111. The molecule has 0 saturated carbocycles. The normalized spacial score (nSPS) is 11.6. The number of fused-ring (bicyclic) bond motifs is 4. The molecular formula is C18H13N5OS2. The third kappa shape index (κ3) is 2.23. The second kappa shape index (κ2) is 5.86. The molecule has 0 bridgehead atoms. The fourth-order valence-electron chi connectivity index (χ4n) is 3.07. The maximum absolute atomic E-state index is 13.1. The number of nitrogens with one attached hydrogen (secondary N) is 1. The van der Waals surface area contributed by atoms with E-state index in [1.54, 1.807) is 33.9 Å². The number of aromatic nitrogens is 4. The van der Waals surface area contributed by atoms with E-state index in [1.165, 1.54) is 11.3 Å². The van der Waals surface area contributed by atoms with Gasteiger partial charge in [0.05, 0.1) is 32.3 Å². The number of anilines is 1. The molecule has 0 aliphatic heterocycles. The van der Waals surface area contributed by atoms with E-state index in [4.69, 9.17) is 0 Å². The summed E-state index contributed by atoms with van der Waals surface area (Å²) in [6.07, 6.45) is 3.35. The summed E-state index contributed by atoms with van der Waals surface area (Å²) in [7, 11) is 0. The summed E-state index contributed by atoms with van der Waals surface area (Å²) in [5.74, 6) is 0. The number of thiophene rings is 1. The van der Waals surface area contributed by atoms with Gasteiger partial charge in [0, 0.05) is 18.4 Å². The first-order valence-electron chi connectivity index (χ1n) is 8.12. The summed E-state index contributed by atoms with van der Waals surface area (Å²) >= 11 is 2.94. The number of pyridine rings is 1. The zero-order chi connectivity index (χ0) is 17.7. The smallest absolute Gasteiger partial charge is 0.275 e. The van der Waals surface area contributed by atoms with Crippen molar-refractivity contribution in [2.75, 3.05) is 11.9 Å². The Morgan fingerprint density at radius 1 is 1.19 bits per heavy atom. The van der Waals surface area contributed by atoms with Gasteiger partial charge < -0.3 is 5.32 Å². The van der Waals surface area contributed by atoms with Gasteiger partial charge in [0.2, 0.25) is 0 Å². The standard InChI is InChI=1S/C18H13N5OS2/c1-2-19-12-5-6-20-17-14(12)15-16(26-17)18(24)23(8-21-15)10-3-4-11-13(7-10)25-9-22-11/h3-9H,2H2,1H3,(H,19,20). The Morgan fingerprint density at radius 2 is 2.12 bits per heavy atom. The summed E-state index contributed by atoms with van der Waals surface area (Å²) in [5, 5.41) is 4.24. The lowest BCUT2D eigenvalue weighted by atomic mass is 10.2. The van der Waals surface area contributed by atoms with Gasteiger partial charge in [-0.25, -0.2) is 15.0 Å². The highest BCUT2D eigenvalue weighted by Gasteiger charge is 2.16. The van der Waals surface area contributed by atoms with Crippen LogP contribution in [0.3, 0.4) is 0 Å². The maximum atomic E-state index is 13.1. The van der Waals surface area contributed by atoms with E-state index in [0.717, 1.165) is 38.4 Å². The van der Waals surface area contributed by atoms with Gasteiger partial charge in [0.1, 0.15) is 15.9 Å². The summed E-state index contributed by atoms with van der Waals surface area (Å²) in [5.41, 5.74) is 5.11. The second-order valence-corrected chi connectivity index (χ2v) is 7.66. The molecule has 6 nitrogen and oxygen atoms in total. The van der Waals surface area contributed by atoms with Crippen molar-refractivity contribution in [1.29, 1.82) is 0 Å². The van der Waals surface area contributed by atoms with E-state index >= 15 is 0 Å². The summed E-state index contributed by atoms with van der Waals surface area (Å²) in [6.45, 7) is 2.83. The lowest BCUT2D eigenvalue weighted by Crippen LogP contribution is -2.17. The number of thiazole rings is 1. The van der Waals surface area contributed by atoms with Gasteiger partial charge in [-0.3, -0.25) is 9.36 Å². The third-order valence-electron chi connectivity index (χ3n) is 4.24. The van der Waals surface area contributed by atoms with Gasteiger partial charge in [-0.2, -0.15) is 0 Å². The number of nitrogens with zero attached hydrogens (tertiary/aromatic N) is 4. The fourth-order valence-corrected chi connectivity index (χ4v) is 4.83. The van der Waals surface area contributed by atoms with E-state index in [-0.39, 0.29) is 5.56 Å². The van der Waals surface area contributed by atoms with Crippen molar-refractivity contribution in [3.05, 3.63) is 52.7 Å². The van der Waals surface area contributed by atoms with Crippen LogP contribution in [0.25, 0.3) is 36.3 Å². The molecule has 26 heavy (non-hydrogen) atoms. The minimum Gasteiger partial charge on any atom is -0.385 e. The lowest BCUT2D eigenvalue weighted by molar-refractivity contribution is 0.970. The van der Waals surface area contributed by atoms with Gasteiger partial charge in [0.15, 0.2) is 0 Å². The largest absolute Gasteiger partial charge is 0.385 e. The van der Waals surface area contributed by atoms with Crippen molar-refractivity contribution >= 4 is 59.0 Å². The van der Waals surface area contributed by atoms with Crippen LogP contribution < -0.4 is 10.9 Å². The van der Waals surface area contributed by atoms with Crippen molar-refractivity contribution in [2.24, 2.45) is 0 Å². The number of rotatable bonds is 3. The van der Waals surface area contributed by atoms with Crippen molar-refractivity contribution in [2.45, 2.75) is 6.92 Å². The van der Waals surface area contributed by atoms with Gasteiger partial charge in [0.25, 0.3) is 5.56 Å². The topological polar surface area (TPSA) is 72.7 Å². The summed E-state index contributed by atoms with van der Waals surface area (Å²) < 4.78 is 3.25. The van der Waals surface area contributed by atoms with Crippen molar-refractivity contribution < 1.29 is 0 Å². The van der Waals surface area contributed by atoms with E-state index < -0.39 is 0 Å². The zero-order valence-electron chi connectivity index (χ0n) is 13.8. The van der Waals surface area contributed by atoms with Crippen molar-refractivity contribution in [3.8, 4) is 5.69 Å². The molecule has 0 aliphatic rings. The van der Waals surface area contributed by atoms with Crippen LogP contribution in [0.4, 0.5) is 5.69 Å². The molecule has 0 aliphatic carbocycles. The Balaban J connectivity index is 1.78. The van der Waals surface area contributed by atoms with Crippen LogP contribution >= 0.6 is 22.7 Å². The maximum Gasteiger partial charge on any atom is 0.275 e. The summed E-state index contributed by atoms with van der Waals surface area (Å²) in [4.78, 5) is 27.2. The molecule has 0 radical (unpaired) electrons. The molecule has 0 spiro atoms. The molecule has 4 heterocycles. The zero-order valence-corrected chi connectivity index (χ0v) is 15.4. The highest BCUT2D eigenvalue weighted by Crippen LogP contribution is 2.34. The molecule has 128 valence electrons. The Labute approximate surface area is 155 Å². The van der Waals surface area contributed by atoms with Crippen LogP contribution in [0, 0.1) is 0 Å². The average molecular weight is 379 g/mol. The van der Waals surface area contributed by atoms with E-state index in [1.807, 2.05) is 31.2 Å². The average Bonchev–Trinajstić information content (AvgIpc) is 3.27. The molecule has 1 N–H and O–H groups in total. The quantitative estimate of drug-likeness (QED) is 0.512. The van der Waals surface area contributed by atoms with Gasteiger partial charge >= 0.3 is 0 Å². The molecule has 5 rings (SSSR count). The van der Waals surface area contributed by atoms with Crippen LogP contribution in [0.1, 0.15) is 6.92 Å². The minimum atomic E-state index is -0.0793. The molecule has 8 heteroatoms. The monoisotopic (exact) mass is 379 g/mol.